The highest BCUT2D eigenvalue weighted by atomic mass is 19.1. The minimum atomic E-state index is -2.02. The summed E-state index contributed by atoms with van der Waals surface area (Å²) in [7, 11) is 0. The molecule has 1 aromatic carbocycles. The fraction of sp³-hybridized carbons (Fsp3) is 0.273. The van der Waals surface area contributed by atoms with Crippen LogP contribution in [0.4, 0.5) is 4.39 Å². The Hall–Kier alpha value is -1.75. The van der Waals surface area contributed by atoms with Crippen LogP contribution in [0.1, 0.15) is 18.6 Å². The Balaban J connectivity index is 2.31. The minimum absolute atomic E-state index is 0.503. The van der Waals surface area contributed by atoms with Gasteiger partial charge in [0.2, 0.25) is 5.79 Å². The number of hydrogen-bond acceptors (Lipinski definition) is 3. The lowest BCUT2D eigenvalue weighted by Crippen LogP contribution is -2.32. The third-order valence-corrected chi connectivity index (χ3v) is 2.48. The molecule has 2 atom stereocenters. The molecule has 4 nitrogen and oxygen atoms in total. The van der Waals surface area contributed by atoms with Gasteiger partial charge in [-0.1, -0.05) is 30.3 Å². The summed E-state index contributed by atoms with van der Waals surface area (Å²) in [5, 5.41) is 13.7. The number of aliphatic hydroxyl groups is 1. The van der Waals surface area contributed by atoms with E-state index in [0.29, 0.717) is 5.56 Å². The molecule has 0 aliphatic rings. The van der Waals surface area contributed by atoms with E-state index in [1.165, 1.54) is 19.6 Å². The highest BCUT2D eigenvalue weighted by Crippen LogP contribution is 2.32. The van der Waals surface area contributed by atoms with Crippen molar-refractivity contribution in [2.45, 2.75) is 18.8 Å². The Kier molecular flexibility index (Phi) is 2.70. The Bertz CT molecular complexity index is 442. The highest BCUT2D eigenvalue weighted by molar-refractivity contribution is 5.19. The molecule has 0 radical (unpaired) electrons. The van der Waals surface area contributed by atoms with Crippen molar-refractivity contribution in [3.8, 4) is 0 Å². The van der Waals surface area contributed by atoms with Gasteiger partial charge in [-0.15, -0.1) is 0 Å². The molecule has 2 aromatic rings. The zero-order valence-corrected chi connectivity index (χ0v) is 8.79. The van der Waals surface area contributed by atoms with Crippen LogP contribution in [0.15, 0.2) is 43.0 Å². The van der Waals surface area contributed by atoms with E-state index in [9.17, 15) is 9.50 Å². The molecule has 16 heavy (non-hydrogen) atoms. The molecule has 84 valence electrons. The van der Waals surface area contributed by atoms with Gasteiger partial charge in [0.25, 0.3) is 0 Å². The average Bonchev–Trinajstić information content (AvgIpc) is 2.83. The molecule has 2 unspecified atom stereocenters. The monoisotopic (exact) mass is 221 g/mol. The minimum Gasteiger partial charge on any atom is -0.383 e. The van der Waals surface area contributed by atoms with Gasteiger partial charge in [0.05, 0.1) is 0 Å². The van der Waals surface area contributed by atoms with Gasteiger partial charge < -0.3 is 5.11 Å². The van der Waals surface area contributed by atoms with Crippen LogP contribution in [0.25, 0.3) is 0 Å². The smallest absolute Gasteiger partial charge is 0.230 e. The summed E-state index contributed by atoms with van der Waals surface area (Å²) in [4.78, 5) is 3.67. The molecule has 1 N–H and O–H groups in total. The summed E-state index contributed by atoms with van der Waals surface area (Å²) in [6.07, 6.45) is 1.19. The molecule has 1 heterocycles. The molecule has 2 rings (SSSR count). The van der Waals surface area contributed by atoms with Crippen LogP contribution in [0.3, 0.4) is 0 Å². The van der Waals surface area contributed by atoms with E-state index in [4.69, 9.17) is 0 Å². The number of nitrogens with zero attached hydrogens (tertiary/aromatic N) is 3. The topological polar surface area (TPSA) is 50.9 Å². The van der Waals surface area contributed by atoms with Crippen molar-refractivity contribution in [2.24, 2.45) is 0 Å². The van der Waals surface area contributed by atoms with Crippen LogP contribution < -0.4 is 0 Å². The Labute approximate surface area is 92.4 Å². The van der Waals surface area contributed by atoms with Gasteiger partial charge in [-0.25, -0.2) is 14.1 Å². The molecule has 0 saturated carbocycles. The lowest BCUT2D eigenvalue weighted by molar-refractivity contribution is -0.0652. The van der Waals surface area contributed by atoms with Crippen LogP contribution >= 0.6 is 0 Å². The lowest BCUT2D eigenvalue weighted by atomic mass is 10.0. The number of alkyl halides is 1. The molecule has 5 heteroatoms. The largest absolute Gasteiger partial charge is 0.383 e. The number of hydrogen-bond donors (Lipinski definition) is 1. The van der Waals surface area contributed by atoms with Crippen molar-refractivity contribution in [1.29, 1.82) is 0 Å². The van der Waals surface area contributed by atoms with Gasteiger partial charge in [0.1, 0.15) is 18.8 Å². The predicted molar refractivity (Wildman–Crippen MR) is 56.2 cm³/mol. The first-order valence-electron chi connectivity index (χ1n) is 4.89. The molecule has 0 saturated heterocycles. The van der Waals surface area contributed by atoms with E-state index in [1.807, 2.05) is 0 Å². The third kappa shape index (κ3) is 1.81. The van der Waals surface area contributed by atoms with Crippen molar-refractivity contribution < 1.29 is 9.50 Å². The van der Waals surface area contributed by atoms with E-state index >= 15 is 0 Å². The summed E-state index contributed by atoms with van der Waals surface area (Å²) in [6.45, 7) is 1.26. The van der Waals surface area contributed by atoms with Gasteiger partial charge in [-0.3, -0.25) is 0 Å². The first kappa shape index (κ1) is 10.8. The molecule has 0 bridgehead atoms. The van der Waals surface area contributed by atoms with Crippen molar-refractivity contribution in [3.05, 3.63) is 48.5 Å². The van der Waals surface area contributed by atoms with Crippen LogP contribution in [0.5, 0.6) is 0 Å². The average molecular weight is 221 g/mol. The Morgan fingerprint density at radius 2 is 2.06 bits per heavy atom. The first-order chi connectivity index (χ1) is 7.62. The zero-order valence-electron chi connectivity index (χ0n) is 8.79. The number of benzene rings is 1. The van der Waals surface area contributed by atoms with Crippen LogP contribution in [-0.4, -0.2) is 19.9 Å². The van der Waals surface area contributed by atoms with Crippen molar-refractivity contribution >= 4 is 0 Å². The van der Waals surface area contributed by atoms with Gasteiger partial charge in [0, 0.05) is 0 Å². The van der Waals surface area contributed by atoms with Gasteiger partial charge >= 0.3 is 0 Å². The molecular formula is C11H12FN3O. The molecular weight excluding hydrogens is 209 g/mol. The summed E-state index contributed by atoms with van der Waals surface area (Å²) >= 11 is 0. The predicted octanol–water partition coefficient (Wildman–Crippen LogP) is 1.65. The maximum Gasteiger partial charge on any atom is 0.230 e. The van der Waals surface area contributed by atoms with Crippen LogP contribution in [0, 0.1) is 0 Å². The summed E-state index contributed by atoms with van der Waals surface area (Å²) in [5.74, 6) is -2.02. The second kappa shape index (κ2) is 4.02. The maximum absolute atomic E-state index is 14.3. The fourth-order valence-corrected chi connectivity index (χ4v) is 1.50. The zero-order chi connectivity index (χ0) is 11.6. The Morgan fingerprint density at radius 1 is 1.38 bits per heavy atom. The molecule has 0 spiro atoms. The van der Waals surface area contributed by atoms with E-state index in [2.05, 4.69) is 10.1 Å². The molecule has 0 aliphatic carbocycles. The van der Waals surface area contributed by atoms with Crippen molar-refractivity contribution in [3.63, 3.8) is 0 Å². The maximum atomic E-state index is 14.3. The Morgan fingerprint density at radius 3 is 2.62 bits per heavy atom. The van der Waals surface area contributed by atoms with E-state index in [-0.39, 0.29) is 0 Å². The third-order valence-electron chi connectivity index (χ3n) is 2.48. The number of aliphatic hydroxyl groups excluding tert-OH is 1. The summed E-state index contributed by atoms with van der Waals surface area (Å²) in [6, 6.07) is 8.63. The molecule has 0 amide bonds. The van der Waals surface area contributed by atoms with Crippen molar-refractivity contribution in [2.75, 3.05) is 0 Å². The SMILES string of the molecule is CC(F)(C(O)c1ccccc1)n1cncn1. The highest BCUT2D eigenvalue weighted by Gasteiger charge is 2.36. The molecule has 0 aliphatic heterocycles. The van der Waals surface area contributed by atoms with Gasteiger partial charge in [-0.05, 0) is 12.5 Å². The van der Waals surface area contributed by atoms with Crippen LogP contribution in [-0.2, 0) is 5.79 Å². The quantitative estimate of drug-likeness (QED) is 0.857. The first-order valence-corrected chi connectivity index (χ1v) is 4.89. The second-order valence-electron chi connectivity index (χ2n) is 3.68. The van der Waals surface area contributed by atoms with Gasteiger partial charge in [-0.2, -0.15) is 5.10 Å². The summed E-state index contributed by atoms with van der Waals surface area (Å²) < 4.78 is 15.4. The fourth-order valence-electron chi connectivity index (χ4n) is 1.50. The van der Waals surface area contributed by atoms with Gasteiger partial charge in [0.15, 0.2) is 0 Å². The van der Waals surface area contributed by atoms with E-state index < -0.39 is 11.9 Å². The number of rotatable bonds is 3. The van der Waals surface area contributed by atoms with E-state index in [1.54, 1.807) is 30.3 Å². The molecule has 0 fully saturated rings. The normalized spacial score (nSPS) is 16.7. The van der Waals surface area contributed by atoms with Crippen LogP contribution in [0.2, 0.25) is 0 Å². The lowest BCUT2D eigenvalue weighted by Gasteiger charge is -2.26. The second-order valence-corrected chi connectivity index (χ2v) is 3.68. The number of halogens is 1. The van der Waals surface area contributed by atoms with Crippen molar-refractivity contribution in [1.82, 2.24) is 14.8 Å². The summed E-state index contributed by atoms with van der Waals surface area (Å²) in [5.41, 5.74) is 0.503. The van der Waals surface area contributed by atoms with E-state index in [0.717, 1.165) is 4.68 Å². The molecule has 1 aromatic heterocycles. The number of aromatic nitrogens is 3. The standard InChI is InChI=1S/C11H12FN3O/c1-11(12,15-8-13-7-14-15)10(16)9-5-3-2-4-6-9/h2-8,10,16H,1H3.